The highest BCUT2D eigenvalue weighted by Gasteiger charge is 2.52. The molecule has 0 unspecified atom stereocenters. The van der Waals surface area contributed by atoms with Gasteiger partial charge in [-0.25, -0.2) is 0 Å². The normalized spacial score (nSPS) is 15.9. The Hall–Kier alpha value is -4.45. The summed E-state index contributed by atoms with van der Waals surface area (Å²) in [6.07, 6.45) is 7.10. The fourth-order valence-electron chi connectivity index (χ4n) is 8.51. The monoisotopic (exact) mass is 1180 g/mol. The van der Waals surface area contributed by atoms with E-state index in [1.54, 1.807) is 0 Å². The van der Waals surface area contributed by atoms with Crippen molar-refractivity contribution in [3.8, 4) is 0 Å². The van der Waals surface area contributed by atoms with Gasteiger partial charge in [0.05, 0.1) is 22.4 Å². The van der Waals surface area contributed by atoms with Crippen LogP contribution in [0.4, 0.5) is 34.1 Å². The van der Waals surface area contributed by atoms with Crippen molar-refractivity contribution in [2.75, 3.05) is 9.80 Å². The molecule has 2 aliphatic heterocycles. The lowest BCUT2D eigenvalue weighted by Gasteiger charge is -2.32. The summed E-state index contributed by atoms with van der Waals surface area (Å²) >= 11 is 10.4. The molecule has 0 aromatic heterocycles. The van der Waals surface area contributed by atoms with E-state index in [4.69, 9.17) is 18.6 Å². The molecule has 2 fully saturated rings. The zero-order valence-corrected chi connectivity index (χ0v) is 50.0. The largest absolute Gasteiger partial charge is 0.494 e. The lowest BCUT2D eigenvalue weighted by atomic mass is 9.79. The first-order valence-corrected chi connectivity index (χ1v) is 28.5. The summed E-state index contributed by atoms with van der Waals surface area (Å²) in [6.45, 7) is 23.2. The zero-order valence-electron chi connectivity index (χ0n) is 45.2. The Morgan fingerprint density at radius 2 is 0.581 bits per heavy atom. The van der Waals surface area contributed by atoms with Gasteiger partial charge in [0.2, 0.25) is 0 Å². The van der Waals surface area contributed by atoms with Crippen LogP contribution in [0.2, 0.25) is 0 Å². The maximum absolute atomic E-state index is 6.30. The highest BCUT2D eigenvalue weighted by Crippen LogP contribution is 2.40. The summed E-state index contributed by atoms with van der Waals surface area (Å²) in [6, 6.07) is 60.0. The quantitative estimate of drug-likeness (QED) is 0.101. The van der Waals surface area contributed by atoms with E-state index in [1.165, 1.54) is 48.1 Å². The number of benzene rings is 7. The smallest absolute Gasteiger partial charge is 0.399 e. The van der Waals surface area contributed by atoms with Crippen molar-refractivity contribution < 1.29 is 18.6 Å². The second-order valence-electron chi connectivity index (χ2n) is 21.3. The van der Waals surface area contributed by atoms with E-state index in [2.05, 4.69) is 291 Å². The summed E-state index contributed by atoms with van der Waals surface area (Å²) < 4.78 is 28.5. The molecular weight excluding hydrogens is 1110 g/mol. The minimum atomic E-state index is -0.389. The molecule has 0 radical (unpaired) electrons. The second kappa shape index (κ2) is 25.1. The first-order valence-electron chi connectivity index (χ1n) is 26.1. The molecule has 0 amide bonds. The van der Waals surface area contributed by atoms with E-state index in [0.29, 0.717) is 0 Å². The second-order valence-corrected chi connectivity index (χ2v) is 24.1. The molecule has 7 aromatic rings. The van der Waals surface area contributed by atoms with Crippen molar-refractivity contribution in [3.63, 3.8) is 0 Å². The van der Waals surface area contributed by atoms with Crippen LogP contribution in [0.25, 0.3) is 0 Å². The summed E-state index contributed by atoms with van der Waals surface area (Å²) in [5.74, 6) is 0. The van der Waals surface area contributed by atoms with Gasteiger partial charge in [0.1, 0.15) is 0 Å². The van der Waals surface area contributed by atoms with E-state index < -0.39 is 0 Å². The number of hydrogen-bond acceptors (Lipinski definition) is 6. The third-order valence-electron chi connectivity index (χ3n) is 14.6. The Balaban J connectivity index is 0.000000204. The summed E-state index contributed by atoms with van der Waals surface area (Å²) in [7, 11) is -0.779. The SMILES string of the molecule is CCCCc1ccc(N(c2ccc(B3OC(C)(C)C(C)(C)O3)cc2)c2ccc(B3OC(C)(C)C(C)(C)O3)cc2)cc1.CCCCc1ccc(N(c2ccc(Br)cc2)c2ccc(Br)cc2)cc1.Cc1ccc(Br)cc1. The predicted octanol–water partition coefficient (Wildman–Crippen LogP) is 17.9. The Morgan fingerprint density at radius 1 is 0.351 bits per heavy atom. The highest BCUT2D eigenvalue weighted by molar-refractivity contribution is 9.11. The Morgan fingerprint density at radius 3 is 0.824 bits per heavy atom. The predicted molar refractivity (Wildman–Crippen MR) is 325 cm³/mol. The standard InChI is InChI=1S/C34H45B2NO4.C22H21Br2N.C7H7Br/c1-10-11-12-25-13-19-28(20-14-25)37(29-21-15-26(16-22-29)35-38-31(2,3)32(4,5)39-35)30-23-17-27(18-24-30)36-40-33(6,7)34(8,9)41-36;1-2-3-4-17-5-11-20(12-6-17)25(21-13-7-18(23)8-14-21)22-15-9-19(24)10-16-22;1-6-2-4-7(8)5-3-6/h13-24H,10-12H2,1-9H3;5-16H,2-4H2,1H3;2-5H,1H3. The van der Waals surface area contributed by atoms with Gasteiger partial charge < -0.3 is 28.4 Å². The van der Waals surface area contributed by atoms with Crippen molar-refractivity contribution in [1.29, 1.82) is 0 Å². The average Bonchev–Trinajstić information content (AvgIpc) is 3.75. The highest BCUT2D eigenvalue weighted by atomic mass is 79.9. The molecule has 0 saturated carbocycles. The van der Waals surface area contributed by atoms with Gasteiger partial charge in [-0.1, -0.05) is 141 Å². The molecule has 2 heterocycles. The van der Waals surface area contributed by atoms with Crippen LogP contribution in [-0.2, 0) is 31.5 Å². The lowest BCUT2D eigenvalue weighted by molar-refractivity contribution is 0.00578. The summed E-state index contributed by atoms with van der Waals surface area (Å²) in [5, 5.41) is 0. The minimum Gasteiger partial charge on any atom is -0.399 e. The van der Waals surface area contributed by atoms with Crippen molar-refractivity contribution in [2.24, 2.45) is 0 Å². The van der Waals surface area contributed by atoms with E-state index >= 15 is 0 Å². The molecule has 11 heteroatoms. The van der Waals surface area contributed by atoms with E-state index in [0.717, 1.165) is 65.6 Å². The van der Waals surface area contributed by atoms with Gasteiger partial charge in [0.15, 0.2) is 0 Å². The van der Waals surface area contributed by atoms with Crippen LogP contribution in [0.15, 0.2) is 183 Å². The van der Waals surface area contributed by atoms with Crippen LogP contribution in [0.3, 0.4) is 0 Å². The molecule has 2 aliphatic rings. The van der Waals surface area contributed by atoms with Crippen LogP contribution in [-0.4, -0.2) is 36.6 Å². The summed E-state index contributed by atoms with van der Waals surface area (Å²) in [5.41, 5.74) is 11.3. The van der Waals surface area contributed by atoms with Crippen LogP contribution in [0.5, 0.6) is 0 Å². The molecule has 74 heavy (non-hydrogen) atoms. The Kier molecular flexibility index (Phi) is 19.5. The fourth-order valence-corrected chi connectivity index (χ4v) is 9.31. The summed E-state index contributed by atoms with van der Waals surface area (Å²) in [4.78, 5) is 4.56. The van der Waals surface area contributed by atoms with Gasteiger partial charge in [-0.05, 0) is 219 Å². The Labute approximate surface area is 469 Å². The first kappa shape index (κ1) is 57.3. The number of nitrogens with zero attached hydrogens (tertiary/aromatic N) is 2. The number of unbranched alkanes of at least 4 members (excludes halogenated alkanes) is 2. The molecule has 0 N–H and O–H groups in total. The first-order chi connectivity index (χ1) is 35.2. The maximum Gasteiger partial charge on any atom is 0.494 e. The van der Waals surface area contributed by atoms with Gasteiger partial charge in [0, 0.05) is 47.5 Å². The lowest BCUT2D eigenvalue weighted by Crippen LogP contribution is -2.41. The van der Waals surface area contributed by atoms with Crippen molar-refractivity contribution in [2.45, 2.75) is 137 Å². The molecule has 0 spiro atoms. The molecular formula is C63H73B2Br3N2O4. The molecule has 6 nitrogen and oxygen atoms in total. The molecule has 0 aliphatic carbocycles. The van der Waals surface area contributed by atoms with Crippen LogP contribution in [0.1, 0.15) is 112 Å². The van der Waals surface area contributed by atoms with E-state index in [1.807, 2.05) is 12.1 Å². The molecule has 386 valence electrons. The number of hydrogen-bond donors (Lipinski definition) is 0. The van der Waals surface area contributed by atoms with Gasteiger partial charge in [0.25, 0.3) is 0 Å². The van der Waals surface area contributed by atoms with Gasteiger partial charge in [-0.15, -0.1) is 0 Å². The van der Waals surface area contributed by atoms with Gasteiger partial charge in [-0.2, -0.15) is 0 Å². The minimum absolute atomic E-state index is 0.374. The maximum atomic E-state index is 6.30. The van der Waals surface area contributed by atoms with E-state index in [-0.39, 0.29) is 36.6 Å². The molecule has 7 aromatic carbocycles. The average molecular weight is 1180 g/mol. The van der Waals surface area contributed by atoms with Crippen molar-refractivity contribution in [3.05, 3.63) is 200 Å². The van der Waals surface area contributed by atoms with E-state index in [9.17, 15) is 0 Å². The zero-order chi connectivity index (χ0) is 53.3. The number of halogens is 3. The fraction of sp³-hybridized carbons (Fsp3) is 0.333. The van der Waals surface area contributed by atoms with Crippen molar-refractivity contribution in [1.82, 2.24) is 0 Å². The van der Waals surface area contributed by atoms with Crippen LogP contribution < -0.4 is 20.7 Å². The topological polar surface area (TPSA) is 43.4 Å². The third kappa shape index (κ3) is 14.5. The molecule has 2 saturated heterocycles. The van der Waals surface area contributed by atoms with Crippen LogP contribution in [0, 0.1) is 6.92 Å². The molecule has 0 bridgehead atoms. The van der Waals surface area contributed by atoms with Crippen LogP contribution >= 0.6 is 47.8 Å². The molecule has 0 atom stereocenters. The van der Waals surface area contributed by atoms with Crippen molar-refractivity contribution >= 4 is 107 Å². The van der Waals surface area contributed by atoms with Gasteiger partial charge >= 0.3 is 14.2 Å². The Bertz CT molecular complexity index is 2660. The third-order valence-corrected chi connectivity index (χ3v) is 16.1. The molecule has 9 rings (SSSR count). The van der Waals surface area contributed by atoms with Gasteiger partial charge in [-0.3, -0.25) is 0 Å². The number of anilines is 6. The number of rotatable bonds is 14. The number of aryl methyl sites for hydroxylation is 3.